The van der Waals surface area contributed by atoms with E-state index in [1.807, 2.05) is 6.08 Å². The molecule has 20 heavy (non-hydrogen) atoms. The fourth-order valence-corrected chi connectivity index (χ4v) is 3.10. The van der Waals surface area contributed by atoms with Crippen LogP contribution in [0.15, 0.2) is 6.08 Å². The van der Waals surface area contributed by atoms with E-state index in [9.17, 15) is 9.90 Å². The summed E-state index contributed by atoms with van der Waals surface area (Å²) in [6, 6.07) is 0. The Morgan fingerprint density at radius 2 is 2.15 bits per heavy atom. The molecular formula is C14H21NO3S2. The summed E-state index contributed by atoms with van der Waals surface area (Å²) in [4.78, 5) is 11.2. The highest BCUT2D eigenvalue weighted by Crippen LogP contribution is 2.28. The van der Waals surface area contributed by atoms with Gasteiger partial charge in [0.05, 0.1) is 4.88 Å². The van der Waals surface area contributed by atoms with Gasteiger partial charge in [-0.15, -0.1) is 11.3 Å². The molecule has 0 amide bonds. The number of rotatable bonds is 9. The molecule has 0 aromatic carbocycles. The Balaban J connectivity index is 2.61. The number of carboxylic acids is 1. The summed E-state index contributed by atoms with van der Waals surface area (Å²) in [5.74, 6) is -0.681. The van der Waals surface area contributed by atoms with E-state index in [0.717, 1.165) is 17.7 Å². The summed E-state index contributed by atoms with van der Waals surface area (Å²) in [5.41, 5.74) is 0. The third-order valence-electron chi connectivity index (χ3n) is 2.91. The predicted molar refractivity (Wildman–Crippen MR) is 84.9 cm³/mol. The average Bonchev–Trinajstić information content (AvgIpc) is 2.65. The van der Waals surface area contributed by atoms with Crippen LogP contribution in [0.1, 0.15) is 50.3 Å². The minimum atomic E-state index is -0.831. The molecule has 1 rings (SSSR count). The molecule has 0 atom stereocenters. The van der Waals surface area contributed by atoms with Gasteiger partial charge in [-0.05, 0) is 37.6 Å². The molecule has 0 bridgehead atoms. The lowest BCUT2D eigenvalue weighted by atomic mass is 10.2. The van der Waals surface area contributed by atoms with Crippen molar-refractivity contribution in [3.63, 3.8) is 0 Å². The van der Waals surface area contributed by atoms with Crippen LogP contribution in [0.5, 0.6) is 5.88 Å². The van der Waals surface area contributed by atoms with E-state index >= 15 is 0 Å². The van der Waals surface area contributed by atoms with Crippen molar-refractivity contribution in [2.24, 2.45) is 0 Å². The highest BCUT2D eigenvalue weighted by atomic mass is 32.1. The molecule has 1 heterocycles. The number of hydrogen-bond donors (Lipinski definition) is 2. The van der Waals surface area contributed by atoms with Gasteiger partial charge in [0.25, 0.3) is 0 Å². The predicted octanol–water partition coefficient (Wildman–Crippen LogP) is 4.44. The zero-order valence-electron chi connectivity index (χ0n) is 11.7. The molecule has 1 aromatic heterocycles. The standard InChI is InChI=1S/C14H21NO3S2/c1-2-3-4-5-6-8-11-13(18)15(14(19)20-11)10-7-9-12(16)17/h6,8,18H,2-5,7,9-10H2,1H3,(H,16,17). The van der Waals surface area contributed by atoms with Crippen molar-refractivity contribution in [1.29, 1.82) is 0 Å². The Kier molecular flexibility index (Phi) is 7.54. The fourth-order valence-electron chi connectivity index (χ4n) is 1.81. The maximum absolute atomic E-state index is 10.5. The van der Waals surface area contributed by atoms with E-state index in [0.29, 0.717) is 16.9 Å². The molecule has 0 fully saturated rings. The van der Waals surface area contributed by atoms with Crippen molar-refractivity contribution in [3.8, 4) is 5.88 Å². The molecule has 4 nitrogen and oxygen atoms in total. The number of allylic oxidation sites excluding steroid dienone is 1. The number of carbonyl (C=O) groups is 1. The van der Waals surface area contributed by atoms with Crippen LogP contribution in [0.2, 0.25) is 0 Å². The van der Waals surface area contributed by atoms with E-state index in [2.05, 4.69) is 13.0 Å². The Labute approximate surface area is 128 Å². The number of thiazole rings is 1. The molecule has 6 heteroatoms. The van der Waals surface area contributed by atoms with Gasteiger partial charge < -0.3 is 10.2 Å². The van der Waals surface area contributed by atoms with Crippen LogP contribution in [0.4, 0.5) is 0 Å². The molecule has 0 radical (unpaired) electrons. The van der Waals surface area contributed by atoms with Crippen LogP contribution >= 0.6 is 23.6 Å². The average molecular weight is 315 g/mol. The molecule has 0 unspecified atom stereocenters. The van der Waals surface area contributed by atoms with Gasteiger partial charge in [-0.1, -0.05) is 25.8 Å². The smallest absolute Gasteiger partial charge is 0.303 e. The summed E-state index contributed by atoms with van der Waals surface area (Å²) in [6.07, 6.45) is 9.05. The zero-order valence-corrected chi connectivity index (χ0v) is 13.3. The van der Waals surface area contributed by atoms with Crippen LogP contribution < -0.4 is 0 Å². The molecule has 0 saturated heterocycles. The van der Waals surface area contributed by atoms with Crippen molar-refractivity contribution in [2.75, 3.05) is 0 Å². The maximum Gasteiger partial charge on any atom is 0.303 e. The van der Waals surface area contributed by atoms with Crippen molar-refractivity contribution < 1.29 is 15.0 Å². The Morgan fingerprint density at radius 1 is 1.40 bits per heavy atom. The summed E-state index contributed by atoms with van der Waals surface area (Å²) in [7, 11) is 0. The summed E-state index contributed by atoms with van der Waals surface area (Å²) < 4.78 is 2.19. The largest absolute Gasteiger partial charge is 0.493 e. The Morgan fingerprint density at radius 3 is 2.80 bits per heavy atom. The molecule has 112 valence electrons. The molecule has 0 aliphatic rings. The first-order valence-corrected chi connectivity index (χ1v) is 8.09. The van der Waals surface area contributed by atoms with E-state index in [1.165, 1.54) is 24.2 Å². The first-order valence-electron chi connectivity index (χ1n) is 6.87. The molecule has 0 aliphatic heterocycles. The third kappa shape index (κ3) is 5.46. The second-order valence-corrected chi connectivity index (χ2v) is 6.28. The highest BCUT2D eigenvalue weighted by molar-refractivity contribution is 7.73. The number of carboxylic acid groups (broad SMARTS) is 1. The SMILES string of the molecule is CCCCCC=Cc1sc(=S)n(CCCC(=O)O)c1O. The number of nitrogens with zero attached hydrogens (tertiary/aromatic N) is 1. The topological polar surface area (TPSA) is 62.5 Å². The van der Waals surface area contributed by atoms with Crippen LogP contribution in [0.3, 0.4) is 0 Å². The van der Waals surface area contributed by atoms with Crippen molar-refractivity contribution in [1.82, 2.24) is 4.57 Å². The highest BCUT2D eigenvalue weighted by Gasteiger charge is 2.09. The Hall–Kier alpha value is -1.14. The first-order chi connectivity index (χ1) is 9.56. The number of hydrogen-bond acceptors (Lipinski definition) is 4. The zero-order chi connectivity index (χ0) is 15.0. The molecule has 0 saturated carbocycles. The Bertz CT molecular complexity index is 517. The molecule has 0 spiro atoms. The van der Waals surface area contributed by atoms with Gasteiger partial charge in [-0.2, -0.15) is 0 Å². The second kappa shape index (κ2) is 8.92. The van der Waals surface area contributed by atoms with Crippen LogP contribution in [-0.4, -0.2) is 20.7 Å². The second-order valence-electron chi connectivity index (χ2n) is 4.60. The van der Waals surface area contributed by atoms with Crippen LogP contribution in [-0.2, 0) is 11.3 Å². The molecular weight excluding hydrogens is 294 g/mol. The first kappa shape index (κ1) is 16.9. The van der Waals surface area contributed by atoms with E-state index in [-0.39, 0.29) is 12.3 Å². The number of aromatic nitrogens is 1. The van der Waals surface area contributed by atoms with E-state index in [1.54, 1.807) is 4.57 Å². The van der Waals surface area contributed by atoms with Gasteiger partial charge in [-0.25, -0.2) is 0 Å². The van der Waals surface area contributed by atoms with Crippen molar-refractivity contribution >= 4 is 35.6 Å². The summed E-state index contributed by atoms with van der Waals surface area (Å²) in [6.45, 7) is 2.61. The van der Waals surface area contributed by atoms with Gasteiger partial charge in [-0.3, -0.25) is 9.36 Å². The quantitative estimate of drug-likeness (QED) is 0.522. The molecule has 1 aromatic rings. The van der Waals surface area contributed by atoms with Crippen molar-refractivity contribution in [2.45, 2.75) is 52.0 Å². The molecule has 0 aliphatic carbocycles. The van der Waals surface area contributed by atoms with Gasteiger partial charge in [0.1, 0.15) is 0 Å². The van der Waals surface area contributed by atoms with Gasteiger partial charge in [0, 0.05) is 13.0 Å². The summed E-state index contributed by atoms with van der Waals surface area (Å²) in [5, 5.41) is 18.7. The monoisotopic (exact) mass is 315 g/mol. The van der Waals surface area contributed by atoms with Gasteiger partial charge in [0.2, 0.25) is 5.88 Å². The number of aromatic hydroxyl groups is 1. The number of unbranched alkanes of at least 4 members (excludes halogenated alkanes) is 3. The minimum absolute atomic E-state index is 0.0826. The normalized spacial score (nSPS) is 11.2. The lowest BCUT2D eigenvalue weighted by Crippen LogP contribution is -2.01. The van der Waals surface area contributed by atoms with Crippen LogP contribution in [0.25, 0.3) is 6.08 Å². The van der Waals surface area contributed by atoms with E-state index in [4.69, 9.17) is 17.3 Å². The fraction of sp³-hybridized carbons (Fsp3) is 0.571. The summed E-state index contributed by atoms with van der Waals surface area (Å²) >= 11 is 6.56. The minimum Gasteiger partial charge on any atom is -0.493 e. The van der Waals surface area contributed by atoms with E-state index < -0.39 is 5.97 Å². The number of aliphatic carboxylic acids is 1. The maximum atomic E-state index is 10.5. The lowest BCUT2D eigenvalue weighted by molar-refractivity contribution is -0.137. The third-order valence-corrected chi connectivity index (χ3v) is 4.31. The van der Waals surface area contributed by atoms with Crippen molar-refractivity contribution in [3.05, 3.63) is 14.9 Å². The molecule has 2 N–H and O–H groups in total. The van der Waals surface area contributed by atoms with Crippen LogP contribution in [0, 0.1) is 3.95 Å². The lowest BCUT2D eigenvalue weighted by Gasteiger charge is -2.02. The van der Waals surface area contributed by atoms with Gasteiger partial charge >= 0.3 is 5.97 Å². The van der Waals surface area contributed by atoms with Gasteiger partial charge in [0.15, 0.2) is 3.95 Å².